The molecule has 12 heteroatoms. The third-order valence-corrected chi connectivity index (χ3v) is 7.99. The van der Waals surface area contributed by atoms with Crippen molar-refractivity contribution in [1.29, 1.82) is 0 Å². The summed E-state index contributed by atoms with van der Waals surface area (Å²) in [5, 5.41) is 6.15. The van der Waals surface area contributed by atoms with E-state index in [9.17, 15) is 9.59 Å². The third kappa shape index (κ3) is 7.57. The second kappa shape index (κ2) is 13.8. The lowest BCUT2D eigenvalue weighted by Crippen LogP contribution is -2.40. The first-order chi connectivity index (χ1) is 20.8. The van der Waals surface area contributed by atoms with Crippen molar-refractivity contribution in [3.05, 3.63) is 117 Å². The summed E-state index contributed by atoms with van der Waals surface area (Å²) in [6.45, 7) is 0. The Morgan fingerprint density at radius 1 is 0.837 bits per heavy atom. The van der Waals surface area contributed by atoms with E-state index < -0.39 is 18.2 Å². The first-order valence-electron chi connectivity index (χ1n) is 12.6. The molecule has 4 aromatic carbocycles. The smallest absolute Gasteiger partial charge is 0.355 e. The number of fused-ring (bicyclic) bond motifs is 1. The lowest BCUT2D eigenvalue weighted by Gasteiger charge is -2.19. The molecule has 1 heterocycles. The predicted molar refractivity (Wildman–Crippen MR) is 168 cm³/mol. The van der Waals surface area contributed by atoms with Crippen LogP contribution in [0, 0.1) is 0 Å². The zero-order valence-corrected chi connectivity index (χ0v) is 25.3. The van der Waals surface area contributed by atoms with Crippen LogP contribution in [0.2, 0.25) is 15.1 Å². The van der Waals surface area contributed by atoms with Crippen molar-refractivity contribution in [2.24, 2.45) is 5.10 Å². The molecule has 0 radical (unpaired) electrons. The molecule has 0 unspecified atom stereocenters. The summed E-state index contributed by atoms with van der Waals surface area (Å²) in [5.41, 5.74) is 2.96. The maximum atomic E-state index is 13.0. The van der Waals surface area contributed by atoms with Gasteiger partial charge in [-0.25, -0.2) is 10.2 Å². The van der Waals surface area contributed by atoms with Gasteiger partial charge in [-0.3, -0.25) is 4.79 Å². The van der Waals surface area contributed by atoms with Gasteiger partial charge >= 0.3 is 18.2 Å². The number of rotatable bonds is 10. The van der Waals surface area contributed by atoms with Gasteiger partial charge in [0.05, 0.1) is 18.3 Å². The number of thiophene rings is 1. The SMILES string of the molecule is COc1cc(/C=N/NC(=O)C(Oc2ccc(Cl)cc2)Oc2ccc(Cl)cc2)ccc1OC(=O)c1sc2ccccc2c1Cl. The van der Waals surface area contributed by atoms with Crippen LogP contribution in [-0.2, 0) is 4.79 Å². The highest BCUT2D eigenvalue weighted by Gasteiger charge is 2.23. The van der Waals surface area contributed by atoms with Crippen LogP contribution in [0.5, 0.6) is 23.0 Å². The van der Waals surface area contributed by atoms with E-state index in [0.717, 1.165) is 10.1 Å². The van der Waals surface area contributed by atoms with Crippen molar-refractivity contribution in [3.8, 4) is 23.0 Å². The molecule has 218 valence electrons. The Balaban J connectivity index is 1.27. The van der Waals surface area contributed by atoms with Gasteiger partial charge in [0.15, 0.2) is 11.5 Å². The van der Waals surface area contributed by atoms with Crippen molar-refractivity contribution in [2.45, 2.75) is 6.29 Å². The Bertz CT molecular complexity index is 1740. The highest BCUT2D eigenvalue weighted by atomic mass is 35.5. The summed E-state index contributed by atoms with van der Waals surface area (Å²) in [5.74, 6) is -0.112. The van der Waals surface area contributed by atoms with E-state index in [1.54, 1.807) is 66.7 Å². The molecule has 1 amide bonds. The molecule has 0 fully saturated rings. The number of benzene rings is 4. The fourth-order valence-electron chi connectivity index (χ4n) is 3.77. The number of methoxy groups -OCH3 is 1. The van der Waals surface area contributed by atoms with Crippen LogP contribution in [0.15, 0.2) is 96.1 Å². The maximum absolute atomic E-state index is 13.0. The van der Waals surface area contributed by atoms with Crippen molar-refractivity contribution in [1.82, 2.24) is 5.43 Å². The lowest BCUT2D eigenvalue weighted by molar-refractivity contribution is -0.140. The van der Waals surface area contributed by atoms with Crippen molar-refractivity contribution in [2.75, 3.05) is 7.11 Å². The number of hydrogen-bond acceptors (Lipinski definition) is 8. The number of halogens is 3. The average molecular weight is 656 g/mol. The number of carbonyl (C=O) groups excluding carboxylic acids is 2. The van der Waals surface area contributed by atoms with Crippen LogP contribution in [0.1, 0.15) is 15.2 Å². The number of nitrogens with zero attached hydrogens (tertiary/aromatic N) is 1. The summed E-state index contributed by atoms with van der Waals surface area (Å²) >= 11 is 19.6. The Morgan fingerprint density at radius 2 is 1.47 bits per heavy atom. The average Bonchev–Trinajstić information content (AvgIpc) is 3.36. The van der Waals surface area contributed by atoms with Gasteiger partial charge in [0.1, 0.15) is 16.4 Å². The molecule has 0 aliphatic heterocycles. The van der Waals surface area contributed by atoms with Crippen molar-refractivity contribution < 1.29 is 28.5 Å². The van der Waals surface area contributed by atoms with E-state index in [4.69, 9.17) is 53.8 Å². The molecule has 5 aromatic rings. The molecule has 8 nitrogen and oxygen atoms in total. The Hall–Kier alpha value is -4.28. The Morgan fingerprint density at radius 3 is 2.07 bits per heavy atom. The van der Waals surface area contributed by atoms with Crippen LogP contribution in [0.4, 0.5) is 0 Å². The van der Waals surface area contributed by atoms with Crippen LogP contribution in [0.3, 0.4) is 0 Å². The van der Waals surface area contributed by atoms with Gasteiger partial charge in [-0.15, -0.1) is 11.3 Å². The normalized spacial score (nSPS) is 11.1. The molecule has 43 heavy (non-hydrogen) atoms. The fraction of sp³-hybridized carbons (Fsp3) is 0.0645. The van der Waals surface area contributed by atoms with Gasteiger partial charge in [-0.2, -0.15) is 5.10 Å². The monoisotopic (exact) mass is 654 g/mol. The van der Waals surface area contributed by atoms with Gasteiger partial charge in [0.25, 0.3) is 0 Å². The number of hydrazone groups is 1. The molecule has 0 bridgehead atoms. The molecule has 1 aromatic heterocycles. The standard InChI is InChI=1S/C31H21Cl3N2O6S/c1-39-25-16-18(6-15-24(25)42-30(38)28-27(34)23-4-2-3-5-26(23)43-28)17-35-36-29(37)31(40-21-11-7-19(32)8-12-21)41-22-13-9-20(33)10-14-22/h2-17,31H,1H3,(H,36,37)/b35-17+. The number of amides is 1. The Labute approximate surface area is 265 Å². The largest absolute Gasteiger partial charge is 0.493 e. The topological polar surface area (TPSA) is 95.5 Å². The minimum Gasteiger partial charge on any atom is -0.493 e. The van der Waals surface area contributed by atoms with Gasteiger partial charge < -0.3 is 18.9 Å². The van der Waals surface area contributed by atoms with Crippen LogP contribution in [-0.4, -0.2) is 31.5 Å². The third-order valence-electron chi connectivity index (χ3n) is 5.83. The number of ether oxygens (including phenoxy) is 4. The van der Waals surface area contributed by atoms with E-state index in [-0.39, 0.29) is 16.4 Å². The first-order valence-corrected chi connectivity index (χ1v) is 14.5. The van der Waals surface area contributed by atoms with Crippen LogP contribution < -0.4 is 24.4 Å². The fourth-order valence-corrected chi connectivity index (χ4v) is 5.40. The number of hydrogen-bond donors (Lipinski definition) is 1. The summed E-state index contributed by atoms with van der Waals surface area (Å²) in [7, 11) is 1.44. The van der Waals surface area contributed by atoms with Crippen LogP contribution in [0.25, 0.3) is 10.1 Å². The summed E-state index contributed by atoms with van der Waals surface area (Å²) in [6, 6.07) is 25.1. The molecule has 1 N–H and O–H groups in total. The molecule has 0 aliphatic rings. The van der Waals surface area contributed by atoms with Gasteiger partial charge in [0, 0.05) is 20.1 Å². The lowest BCUT2D eigenvalue weighted by atomic mass is 10.2. The van der Waals surface area contributed by atoms with Gasteiger partial charge in [-0.05, 0) is 78.4 Å². The molecule has 0 spiro atoms. The van der Waals surface area contributed by atoms with E-state index in [1.165, 1.54) is 24.7 Å². The highest BCUT2D eigenvalue weighted by Crippen LogP contribution is 2.37. The molecule has 0 atom stereocenters. The maximum Gasteiger partial charge on any atom is 0.355 e. The number of nitrogens with one attached hydrogen (secondary N) is 1. The molecule has 0 aliphatic carbocycles. The highest BCUT2D eigenvalue weighted by molar-refractivity contribution is 7.21. The van der Waals surface area contributed by atoms with Gasteiger partial charge in [-0.1, -0.05) is 53.0 Å². The second-order valence-corrected chi connectivity index (χ2v) is 11.1. The molecular formula is C31H21Cl3N2O6S. The van der Waals surface area contributed by atoms with E-state index >= 15 is 0 Å². The molecular weight excluding hydrogens is 635 g/mol. The number of esters is 1. The zero-order valence-electron chi connectivity index (χ0n) is 22.3. The van der Waals surface area contributed by atoms with Crippen LogP contribution >= 0.6 is 46.1 Å². The van der Waals surface area contributed by atoms with E-state index in [2.05, 4.69) is 10.5 Å². The first kappa shape index (κ1) is 30.2. The quantitative estimate of drug-likeness (QED) is 0.0538. The Kier molecular flexibility index (Phi) is 9.68. The summed E-state index contributed by atoms with van der Waals surface area (Å²) in [6.07, 6.45) is -0.00665. The van der Waals surface area contributed by atoms with E-state index in [0.29, 0.717) is 32.1 Å². The molecule has 0 saturated heterocycles. The van der Waals surface area contributed by atoms with Crippen molar-refractivity contribution in [3.63, 3.8) is 0 Å². The minimum atomic E-state index is -1.39. The summed E-state index contributed by atoms with van der Waals surface area (Å²) in [4.78, 5) is 26.2. The van der Waals surface area contributed by atoms with Gasteiger partial charge in [0.2, 0.25) is 0 Å². The summed E-state index contributed by atoms with van der Waals surface area (Å²) < 4.78 is 23.4. The van der Waals surface area contributed by atoms with Crippen molar-refractivity contribution >= 4 is 74.3 Å². The molecule has 0 saturated carbocycles. The number of carbonyl (C=O) groups is 2. The second-order valence-electron chi connectivity index (χ2n) is 8.75. The predicted octanol–water partition coefficient (Wildman–Crippen LogP) is 8.02. The molecule has 5 rings (SSSR count). The minimum absolute atomic E-state index is 0.190. The van der Waals surface area contributed by atoms with E-state index in [1.807, 2.05) is 24.3 Å². The zero-order chi connectivity index (χ0) is 30.3.